The van der Waals surface area contributed by atoms with Gasteiger partial charge in [0, 0.05) is 25.2 Å². The number of piperidine rings is 1. The number of likely N-dealkylation sites (tertiary alicyclic amines) is 1. The number of amidine groups is 1. The molecular formula is C21H30N4O3S. The lowest BCUT2D eigenvalue weighted by Crippen LogP contribution is -2.44. The molecular weight excluding hydrogens is 388 g/mol. The fraction of sp³-hybridized carbons (Fsp3) is 0.762. The number of carbonyl (C=O) groups is 1. The van der Waals surface area contributed by atoms with Gasteiger partial charge in [-0.2, -0.15) is 0 Å². The Balaban J connectivity index is 1.12. The fourth-order valence-electron chi connectivity index (χ4n) is 5.60. The van der Waals surface area contributed by atoms with E-state index in [4.69, 9.17) is 9.26 Å². The number of carbonyl (C=O) groups excluding carboxylic acids is 1. The van der Waals surface area contributed by atoms with Crippen LogP contribution >= 0.6 is 11.8 Å². The standard InChI is InChI=1S/C21H30N4O3S/c1-21(12-14-5-8-25(9-6-14)19(26)18-4-7-23-28-18)27-13-22-20(29-21)24-17-11-15-2-3-16(17)10-15/h4,7,14-17H,2-3,5-6,8-13H2,1H3,(H,22,24)/t15-,16+,17+,21?/m1/s1. The molecule has 8 heteroatoms. The molecule has 4 aliphatic rings. The SMILES string of the molecule is CC1(CC2CCN(C(=O)c3ccno3)CC2)OCN=C(N[C@H]2C[C@@H]3CC[C@H]2C3)S1. The first kappa shape index (κ1) is 19.4. The van der Waals surface area contributed by atoms with Crippen LogP contribution in [0.4, 0.5) is 0 Å². The molecule has 7 nitrogen and oxygen atoms in total. The van der Waals surface area contributed by atoms with E-state index in [-0.39, 0.29) is 10.8 Å². The third kappa shape index (κ3) is 4.19. The number of nitrogens with zero attached hydrogens (tertiary/aromatic N) is 3. The first-order chi connectivity index (χ1) is 14.1. The molecule has 29 heavy (non-hydrogen) atoms. The summed E-state index contributed by atoms with van der Waals surface area (Å²) < 4.78 is 11.1. The average Bonchev–Trinajstić information content (AvgIpc) is 3.46. The van der Waals surface area contributed by atoms with Crippen LogP contribution in [0.1, 0.15) is 62.4 Å². The molecule has 3 fully saturated rings. The fourth-order valence-corrected chi connectivity index (χ4v) is 6.76. The zero-order chi connectivity index (χ0) is 19.8. The van der Waals surface area contributed by atoms with Crippen LogP contribution in [-0.4, -0.2) is 51.9 Å². The zero-order valence-electron chi connectivity index (χ0n) is 17.0. The lowest BCUT2D eigenvalue weighted by atomic mass is 9.91. The number of rotatable bonds is 4. The third-order valence-corrected chi connectivity index (χ3v) is 8.30. The summed E-state index contributed by atoms with van der Waals surface area (Å²) in [5, 5.41) is 8.44. The Morgan fingerprint density at radius 3 is 2.86 bits per heavy atom. The van der Waals surface area contributed by atoms with Crippen LogP contribution in [0.3, 0.4) is 0 Å². The molecule has 4 atom stereocenters. The molecule has 1 N–H and O–H groups in total. The Hall–Kier alpha value is -1.54. The van der Waals surface area contributed by atoms with Gasteiger partial charge in [-0.05, 0) is 63.2 Å². The molecule has 5 rings (SSSR count). The van der Waals surface area contributed by atoms with Crippen LogP contribution in [0.25, 0.3) is 0 Å². The number of aromatic nitrogens is 1. The summed E-state index contributed by atoms with van der Waals surface area (Å²) in [6.07, 6.45) is 9.98. The van der Waals surface area contributed by atoms with Gasteiger partial charge in [-0.25, -0.2) is 4.99 Å². The molecule has 0 spiro atoms. The average molecular weight is 419 g/mol. The zero-order valence-corrected chi connectivity index (χ0v) is 17.8. The van der Waals surface area contributed by atoms with E-state index in [1.165, 1.54) is 31.9 Å². The largest absolute Gasteiger partial charge is 0.362 e. The molecule has 158 valence electrons. The van der Waals surface area contributed by atoms with Crippen molar-refractivity contribution in [3.05, 3.63) is 18.0 Å². The minimum Gasteiger partial charge on any atom is -0.362 e. The Bertz CT molecular complexity index is 762. The number of hydrogen-bond donors (Lipinski definition) is 1. The molecule has 2 aliphatic carbocycles. The summed E-state index contributed by atoms with van der Waals surface area (Å²) in [5.41, 5.74) is 0. The monoisotopic (exact) mass is 418 g/mol. The molecule has 1 saturated heterocycles. The van der Waals surface area contributed by atoms with Gasteiger partial charge >= 0.3 is 0 Å². The number of aliphatic imine (C=N–C) groups is 1. The van der Waals surface area contributed by atoms with Crippen LogP contribution in [-0.2, 0) is 4.74 Å². The Morgan fingerprint density at radius 2 is 2.17 bits per heavy atom. The van der Waals surface area contributed by atoms with Gasteiger partial charge in [0.25, 0.3) is 5.91 Å². The first-order valence-corrected chi connectivity index (χ1v) is 11.7. The quantitative estimate of drug-likeness (QED) is 0.806. The highest BCUT2D eigenvalue weighted by atomic mass is 32.2. The van der Waals surface area contributed by atoms with Gasteiger partial charge in [-0.3, -0.25) is 4.79 Å². The van der Waals surface area contributed by atoms with E-state index in [0.29, 0.717) is 24.5 Å². The molecule has 1 aromatic rings. The second kappa shape index (κ2) is 7.95. The molecule has 1 unspecified atom stereocenters. The van der Waals surface area contributed by atoms with E-state index < -0.39 is 0 Å². The maximum absolute atomic E-state index is 12.4. The molecule has 3 heterocycles. The predicted molar refractivity (Wildman–Crippen MR) is 112 cm³/mol. The molecule has 0 aromatic carbocycles. The van der Waals surface area contributed by atoms with Gasteiger partial charge < -0.3 is 19.5 Å². The van der Waals surface area contributed by atoms with Crippen molar-refractivity contribution in [2.45, 2.75) is 62.8 Å². The van der Waals surface area contributed by atoms with E-state index in [1.807, 2.05) is 4.90 Å². The maximum atomic E-state index is 12.4. The first-order valence-electron chi connectivity index (χ1n) is 10.9. The number of nitrogens with one attached hydrogen (secondary N) is 1. The van der Waals surface area contributed by atoms with E-state index in [2.05, 4.69) is 22.4 Å². The Kier molecular flexibility index (Phi) is 5.32. The van der Waals surface area contributed by atoms with Crippen molar-refractivity contribution in [2.24, 2.45) is 22.7 Å². The van der Waals surface area contributed by atoms with Crippen LogP contribution < -0.4 is 5.32 Å². The third-order valence-electron chi connectivity index (χ3n) is 7.15. The summed E-state index contributed by atoms with van der Waals surface area (Å²) in [4.78, 5) is 18.7. The summed E-state index contributed by atoms with van der Waals surface area (Å²) in [6, 6.07) is 2.24. The summed E-state index contributed by atoms with van der Waals surface area (Å²) >= 11 is 1.76. The Labute approximate surface area is 176 Å². The molecule has 2 aliphatic heterocycles. The van der Waals surface area contributed by atoms with Crippen LogP contribution in [0, 0.1) is 17.8 Å². The molecule has 1 aromatic heterocycles. The van der Waals surface area contributed by atoms with E-state index in [0.717, 1.165) is 49.4 Å². The van der Waals surface area contributed by atoms with Crippen LogP contribution in [0.5, 0.6) is 0 Å². The number of ether oxygens (including phenoxy) is 1. The van der Waals surface area contributed by atoms with E-state index in [1.54, 1.807) is 17.8 Å². The minimum atomic E-state index is -0.247. The predicted octanol–water partition coefficient (Wildman–Crippen LogP) is 3.49. The molecule has 2 saturated carbocycles. The molecule has 0 radical (unpaired) electrons. The Morgan fingerprint density at radius 1 is 1.31 bits per heavy atom. The number of amides is 1. The maximum Gasteiger partial charge on any atom is 0.292 e. The smallest absolute Gasteiger partial charge is 0.292 e. The van der Waals surface area contributed by atoms with Gasteiger partial charge in [0.2, 0.25) is 5.76 Å². The lowest BCUT2D eigenvalue weighted by molar-refractivity contribution is 0.0157. The molecule has 1 amide bonds. The van der Waals surface area contributed by atoms with Gasteiger partial charge in [0.05, 0.1) is 6.20 Å². The summed E-state index contributed by atoms with van der Waals surface area (Å²) in [5.74, 6) is 2.59. The van der Waals surface area contributed by atoms with Crippen molar-refractivity contribution < 1.29 is 14.1 Å². The van der Waals surface area contributed by atoms with E-state index >= 15 is 0 Å². The lowest BCUT2D eigenvalue weighted by Gasteiger charge is -2.39. The highest BCUT2D eigenvalue weighted by Crippen LogP contribution is 2.45. The van der Waals surface area contributed by atoms with Crippen molar-refractivity contribution in [1.29, 1.82) is 0 Å². The normalized spacial score (nSPS) is 35.0. The topological polar surface area (TPSA) is 80.0 Å². The van der Waals surface area contributed by atoms with Crippen molar-refractivity contribution >= 4 is 22.8 Å². The second-order valence-corrected chi connectivity index (χ2v) is 10.7. The van der Waals surface area contributed by atoms with Crippen molar-refractivity contribution in [2.75, 3.05) is 19.8 Å². The van der Waals surface area contributed by atoms with Crippen molar-refractivity contribution in [3.63, 3.8) is 0 Å². The molecule has 2 bridgehead atoms. The number of fused-ring (bicyclic) bond motifs is 2. The second-order valence-electron chi connectivity index (χ2n) is 9.21. The van der Waals surface area contributed by atoms with Crippen molar-refractivity contribution in [3.8, 4) is 0 Å². The highest BCUT2D eigenvalue weighted by molar-refractivity contribution is 8.14. The summed E-state index contributed by atoms with van der Waals surface area (Å²) in [6.45, 7) is 4.15. The minimum absolute atomic E-state index is 0.0556. The van der Waals surface area contributed by atoms with Gasteiger partial charge in [0.1, 0.15) is 11.7 Å². The van der Waals surface area contributed by atoms with Gasteiger partial charge in [0.15, 0.2) is 5.17 Å². The van der Waals surface area contributed by atoms with Crippen LogP contribution in [0.2, 0.25) is 0 Å². The van der Waals surface area contributed by atoms with Gasteiger partial charge in [-0.1, -0.05) is 23.3 Å². The van der Waals surface area contributed by atoms with Crippen LogP contribution in [0.15, 0.2) is 21.8 Å². The van der Waals surface area contributed by atoms with E-state index in [9.17, 15) is 4.79 Å². The van der Waals surface area contributed by atoms with Crippen molar-refractivity contribution in [1.82, 2.24) is 15.4 Å². The van der Waals surface area contributed by atoms with Gasteiger partial charge in [-0.15, -0.1) is 0 Å². The number of thioether (sulfide) groups is 1. The number of hydrogen-bond acceptors (Lipinski definition) is 7. The highest BCUT2D eigenvalue weighted by Gasteiger charge is 2.42. The summed E-state index contributed by atoms with van der Waals surface area (Å²) in [7, 11) is 0.